The van der Waals surface area contributed by atoms with Crippen LogP contribution in [-0.4, -0.2) is 0 Å². The topological polar surface area (TPSA) is 0 Å². The molecule has 0 heterocycles. The van der Waals surface area contributed by atoms with Gasteiger partial charge in [-0.05, 0) is 37.5 Å². The van der Waals surface area contributed by atoms with E-state index in [0.717, 1.165) is 11.8 Å². The lowest BCUT2D eigenvalue weighted by molar-refractivity contribution is 0.470. The second kappa shape index (κ2) is 20.1. The Morgan fingerprint density at radius 1 is 0.480 bits per heavy atom. The normalized spacial score (nSPS) is 14.2. The molecule has 0 aromatic carbocycles. The summed E-state index contributed by atoms with van der Waals surface area (Å²) < 4.78 is 0. The van der Waals surface area contributed by atoms with Gasteiger partial charge in [0.15, 0.2) is 0 Å². The Labute approximate surface area is 161 Å². The molecule has 0 rings (SSSR count). The number of rotatable bonds is 19. The van der Waals surface area contributed by atoms with Gasteiger partial charge < -0.3 is 0 Å². The highest BCUT2D eigenvalue weighted by molar-refractivity contribution is 4.81. The van der Waals surface area contributed by atoms with Gasteiger partial charge in [-0.25, -0.2) is 0 Å². The summed E-state index contributed by atoms with van der Waals surface area (Å²) in [6, 6.07) is 0. The van der Waals surface area contributed by atoms with E-state index in [1.165, 1.54) is 109 Å². The van der Waals surface area contributed by atoms with E-state index in [1.807, 2.05) is 0 Å². The first kappa shape index (κ1) is 24.7. The number of hydrogen-bond acceptors (Lipinski definition) is 0. The minimum Gasteiger partial charge on any atom is -0.0885 e. The average molecular weight is 351 g/mol. The second-order valence-electron chi connectivity index (χ2n) is 8.54. The summed E-state index contributed by atoms with van der Waals surface area (Å²) in [7, 11) is 0. The molecule has 0 spiro atoms. The van der Waals surface area contributed by atoms with Gasteiger partial charge in [0, 0.05) is 0 Å². The van der Waals surface area contributed by atoms with Crippen molar-refractivity contribution in [3.8, 4) is 0 Å². The molecule has 0 bridgehead atoms. The van der Waals surface area contributed by atoms with Crippen molar-refractivity contribution in [2.75, 3.05) is 0 Å². The first-order chi connectivity index (χ1) is 12.2. The highest BCUT2D eigenvalue weighted by Gasteiger charge is 1.98. The lowest BCUT2D eigenvalue weighted by Gasteiger charge is -2.07. The zero-order chi connectivity index (χ0) is 18.6. The number of hydrogen-bond donors (Lipinski definition) is 0. The van der Waals surface area contributed by atoms with E-state index in [9.17, 15) is 0 Å². The van der Waals surface area contributed by atoms with Crippen molar-refractivity contribution in [2.24, 2.45) is 11.8 Å². The Kier molecular flexibility index (Phi) is 19.8. The van der Waals surface area contributed by atoms with Crippen LogP contribution in [0, 0.1) is 11.8 Å². The van der Waals surface area contributed by atoms with Gasteiger partial charge in [0.05, 0.1) is 0 Å². The molecule has 0 aromatic rings. The van der Waals surface area contributed by atoms with Gasteiger partial charge in [0.25, 0.3) is 0 Å². The maximum Gasteiger partial charge on any atom is -0.0351 e. The Bertz CT molecular complexity index is 265. The quantitative estimate of drug-likeness (QED) is 0.161. The first-order valence-electron chi connectivity index (χ1n) is 11.9. The van der Waals surface area contributed by atoms with Crippen molar-refractivity contribution >= 4 is 0 Å². The smallest absolute Gasteiger partial charge is 0.0351 e. The molecule has 0 aliphatic rings. The van der Waals surface area contributed by atoms with Gasteiger partial charge in [-0.15, -0.1) is 0 Å². The molecule has 0 nitrogen and oxygen atoms in total. The number of unbranched alkanes of at least 4 members (excludes halogenated alkanes) is 11. The molecule has 0 saturated carbocycles. The van der Waals surface area contributed by atoms with E-state index < -0.39 is 0 Å². The first-order valence-corrected chi connectivity index (χ1v) is 11.9. The minimum atomic E-state index is 0.935. The molecule has 0 aliphatic carbocycles. The Hall–Kier alpha value is -0.260. The lowest BCUT2D eigenvalue weighted by Crippen LogP contribution is -1.91. The average Bonchev–Trinajstić information content (AvgIpc) is 2.63. The fourth-order valence-electron chi connectivity index (χ4n) is 3.39. The van der Waals surface area contributed by atoms with Crippen LogP contribution < -0.4 is 0 Å². The molecular weight excluding hydrogens is 300 g/mol. The highest BCUT2D eigenvalue weighted by Crippen LogP contribution is 2.15. The van der Waals surface area contributed by atoms with E-state index in [1.54, 1.807) is 0 Å². The largest absolute Gasteiger partial charge is 0.0885 e. The van der Waals surface area contributed by atoms with Gasteiger partial charge in [0.2, 0.25) is 0 Å². The van der Waals surface area contributed by atoms with Crippen molar-refractivity contribution in [1.29, 1.82) is 0 Å². The molecule has 2 atom stereocenters. The van der Waals surface area contributed by atoms with E-state index in [4.69, 9.17) is 0 Å². The van der Waals surface area contributed by atoms with Crippen LogP contribution in [0.2, 0.25) is 0 Å². The van der Waals surface area contributed by atoms with Crippen LogP contribution in [0.5, 0.6) is 0 Å². The van der Waals surface area contributed by atoms with Gasteiger partial charge in [-0.1, -0.05) is 123 Å². The molecule has 0 saturated heterocycles. The molecule has 0 amide bonds. The standard InChI is InChI=1S/C25H50/c1-5-24(3)22-20-18-16-14-12-10-8-7-9-11-13-15-17-19-21-23-25(4)6-2/h8,10,24-25H,5-7,9,11-23H2,1-4H3/b10-8-. The van der Waals surface area contributed by atoms with Crippen LogP contribution in [0.1, 0.15) is 137 Å². The third kappa shape index (κ3) is 19.9. The molecule has 0 N–H and O–H groups in total. The minimum absolute atomic E-state index is 0.935. The van der Waals surface area contributed by atoms with E-state index in [0.29, 0.717) is 0 Å². The molecular formula is C25H50. The van der Waals surface area contributed by atoms with Crippen LogP contribution in [0.15, 0.2) is 12.2 Å². The molecule has 0 radical (unpaired) electrons. The molecule has 2 unspecified atom stereocenters. The molecule has 0 aliphatic heterocycles. The summed E-state index contributed by atoms with van der Waals surface area (Å²) in [5.74, 6) is 1.88. The predicted molar refractivity (Wildman–Crippen MR) is 117 cm³/mol. The van der Waals surface area contributed by atoms with Crippen LogP contribution in [0.25, 0.3) is 0 Å². The van der Waals surface area contributed by atoms with Gasteiger partial charge in [-0.2, -0.15) is 0 Å². The van der Waals surface area contributed by atoms with Crippen LogP contribution in [0.3, 0.4) is 0 Å². The fourth-order valence-corrected chi connectivity index (χ4v) is 3.39. The van der Waals surface area contributed by atoms with Gasteiger partial charge in [-0.3, -0.25) is 0 Å². The summed E-state index contributed by atoms with van der Waals surface area (Å²) in [6.07, 6.45) is 28.9. The van der Waals surface area contributed by atoms with Crippen molar-refractivity contribution in [2.45, 2.75) is 137 Å². The van der Waals surface area contributed by atoms with Crippen LogP contribution in [0.4, 0.5) is 0 Å². The fraction of sp³-hybridized carbons (Fsp3) is 0.920. The van der Waals surface area contributed by atoms with Crippen LogP contribution in [-0.2, 0) is 0 Å². The zero-order valence-electron chi connectivity index (χ0n) is 18.3. The summed E-state index contributed by atoms with van der Waals surface area (Å²) in [5, 5.41) is 0. The maximum absolute atomic E-state index is 2.44. The predicted octanol–water partition coefficient (Wildman–Crippen LogP) is 9.49. The monoisotopic (exact) mass is 350 g/mol. The second-order valence-corrected chi connectivity index (χ2v) is 8.54. The van der Waals surface area contributed by atoms with Crippen molar-refractivity contribution in [3.05, 3.63) is 12.2 Å². The summed E-state index contributed by atoms with van der Waals surface area (Å²) in [4.78, 5) is 0. The summed E-state index contributed by atoms with van der Waals surface area (Å²) in [5.41, 5.74) is 0. The Morgan fingerprint density at radius 2 is 0.800 bits per heavy atom. The lowest BCUT2D eigenvalue weighted by atomic mass is 9.99. The Morgan fingerprint density at radius 3 is 1.16 bits per heavy atom. The summed E-state index contributed by atoms with van der Waals surface area (Å²) >= 11 is 0. The van der Waals surface area contributed by atoms with Crippen LogP contribution >= 0.6 is 0 Å². The highest BCUT2D eigenvalue weighted by atomic mass is 14.0. The SMILES string of the molecule is CCC(C)CCCCCC/C=C\CCCCCCCCCC(C)CC. The van der Waals surface area contributed by atoms with Crippen molar-refractivity contribution in [3.63, 3.8) is 0 Å². The van der Waals surface area contributed by atoms with E-state index in [-0.39, 0.29) is 0 Å². The molecule has 150 valence electrons. The zero-order valence-corrected chi connectivity index (χ0v) is 18.3. The molecule has 0 heteroatoms. The van der Waals surface area contributed by atoms with E-state index in [2.05, 4.69) is 39.8 Å². The van der Waals surface area contributed by atoms with Crippen molar-refractivity contribution in [1.82, 2.24) is 0 Å². The summed E-state index contributed by atoms with van der Waals surface area (Å²) in [6.45, 7) is 9.40. The molecule has 0 aromatic heterocycles. The molecule has 25 heavy (non-hydrogen) atoms. The maximum atomic E-state index is 2.44. The van der Waals surface area contributed by atoms with Gasteiger partial charge >= 0.3 is 0 Å². The Balaban J connectivity index is 3.13. The molecule has 0 fully saturated rings. The van der Waals surface area contributed by atoms with Gasteiger partial charge in [0.1, 0.15) is 0 Å². The van der Waals surface area contributed by atoms with Crippen molar-refractivity contribution < 1.29 is 0 Å². The third-order valence-electron chi connectivity index (χ3n) is 5.95. The third-order valence-corrected chi connectivity index (χ3v) is 5.95. The van der Waals surface area contributed by atoms with E-state index >= 15 is 0 Å². The number of allylic oxidation sites excluding steroid dienone is 2.